The molecule has 0 saturated carbocycles. The summed E-state index contributed by atoms with van der Waals surface area (Å²) in [4.78, 5) is 10.3. The third-order valence-corrected chi connectivity index (χ3v) is 2.72. The fourth-order valence-electron chi connectivity index (χ4n) is 1.75. The molecular formula is C9H17NO7. The van der Waals surface area contributed by atoms with Crippen molar-refractivity contribution in [2.75, 3.05) is 19.8 Å². The maximum absolute atomic E-state index is 10.3. The molecule has 1 unspecified atom stereocenters. The Morgan fingerprint density at radius 2 is 2.00 bits per heavy atom. The number of carboxylic acid groups (broad SMARTS) is 1. The number of aliphatic hydroxyl groups is 4. The summed E-state index contributed by atoms with van der Waals surface area (Å²) in [6, 6.07) is 0. The summed E-state index contributed by atoms with van der Waals surface area (Å²) in [7, 11) is 0. The quantitative estimate of drug-likeness (QED) is 0.291. The summed E-state index contributed by atoms with van der Waals surface area (Å²) in [6.45, 7) is -1.21. The molecule has 1 rings (SSSR count). The van der Waals surface area contributed by atoms with Gasteiger partial charge in [0.25, 0.3) is 0 Å². The highest BCUT2D eigenvalue weighted by Gasteiger charge is 2.53. The maximum Gasteiger partial charge on any atom is 0.304 e. The Balaban J connectivity index is 2.65. The van der Waals surface area contributed by atoms with Gasteiger partial charge >= 0.3 is 5.97 Å². The van der Waals surface area contributed by atoms with Crippen molar-refractivity contribution in [2.45, 2.75) is 30.5 Å². The maximum atomic E-state index is 10.3. The second-order valence-corrected chi connectivity index (χ2v) is 3.89. The van der Waals surface area contributed by atoms with Crippen LogP contribution in [0.2, 0.25) is 0 Å². The molecule has 6 N–H and O–H groups in total. The van der Waals surface area contributed by atoms with Crippen LogP contribution in [-0.2, 0) is 9.53 Å². The summed E-state index contributed by atoms with van der Waals surface area (Å²) in [6.07, 6.45) is -4.03. The van der Waals surface area contributed by atoms with Gasteiger partial charge in [-0.3, -0.25) is 10.1 Å². The molecule has 0 aromatic carbocycles. The van der Waals surface area contributed by atoms with Crippen molar-refractivity contribution in [1.29, 1.82) is 0 Å². The van der Waals surface area contributed by atoms with Crippen LogP contribution in [0.4, 0.5) is 0 Å². The van der Waals surface area contributed by atoms with E-state index in [1.807, 2.05) is 0 Å². The zero-order valence-corrected chi connectivity index (χ0v) is 9.11. The van der Waals surface area contributed by atoms with Gasteiger partial charge in [0.2, 0.25) is 0 Å². The smallest absolute Gasteiger partial charge is 0.304 e. The van der Waals surface area contributed by atoms with E-state index in [2.05, 4.69) is 5.32 Å². The van der Waals surface area contributed by atoms with Crippen LogP contribution in [0.5, 0.6) is 0 Å². The number of hydrogen-bond donors (Lipinski definition) is 6. The monoisotopic (exact) mass is 251 g/mol. The minimum Gasteiger partial charge on any atom is -0.481 e. The molecule has 1 aliphatic rings. The average molecular weight is 251 g/mol. The van der Waals surface area contributed by atoms with Gasteiger partial charge in [-0.15, -0.1) is 0 Å². The van der Waals surface area contributed by atoms with Crippen molar-refractivity contribution < 1.29 is 35.1 Å². The number of ether oxygens (including phenoxy) is 1. The first-order valence-corrected chi connectivity index (χ1v) is 5.19. The SMILES string of the molecule is O=C(O)CCNC1(CO)O[C@H](CO)[C@@H](O)[C@@H]1O. The minimum absolute atomic E-state index is 0.0438. The molecule has 100 valence electrons. The Labute approximate surface area is 97.4 Å². The molecule has 1 fully saturated rings. The molecule has 1 heterocycles. The first kappa shape index (κ1) is 14.3. The van der Waals surface area contributed by atoms with E-state index in [9.17, 15) is 20.1 Å². The number of aliphatic carboxylic acids is 1. The first-order valence-electron chi connectivity index (χ1n) is 5.19. The topological polar surface area (TPSA) is 139 Å². The molecule has 0 amide bonds. The van der Waals surface area contributed by atoms with E-state index in [-0.39, 0.29) is 13.0 Å². The van der Waals surface area contributed by atoms with E-state index in [1.54, 1.807) is 0 Å². The third-order valence-electron chi connectivity index (χ3n) is 2.72. The number of carbonyl (C=O) groups is 1. The molecule has 8 heteroatoms. The van der Waals surface area contributed by atoms with Gasteiger partial charge in [-0.05, 0) is 0 Å². The number of hydrogen-bond acceptors (Lipinski definition) is 7. The fraction of sp³-hybridized carbons (Fsp3) is 0.889. The molecule has 0 aromatic rings. The van der Waals surface area contributed by atoms with Crippen LogP contribution in [-0.4, -0.2) is 75.3 Å². The molecule has 17 heavy (non-hydrogen) atoms. The largest absolute Gasteiger partial charge is 0.481 e. The van der Waals surface area contributed by atoms with Gasteiger partial charge in [0.15, 0.2) is 5.72 Å². The molecule has 0 aromatic heterocycles. The van der Waals surface area contributed by atoms with Crippen LogP contribution in [0.3, 0.4) is 0 Å². The highest BCUT2D eigenvalue weighted by Crippen LogP contribution is 2.28. The molecule has 0 bridgehead atoms. The molecule has 4 atom stereocenters. The molecule has 0 radical (unpaired) electrons. The van der Waals surface area contributed by atoms with Gasteiger partial charge < -0.3 is 30.3 Å². The van der Waals surface area contributed by atoms with Gasteiger partial charge in [0.05, 0.1) is 19.6 Å². The second kappa shape index (κ2) is 5.71. The Bertz CT molecular complexity index is 274. The molecule has 1 saturated heterocycles. The van der Waals surface area contributed by atoms with Crippen LogP contribution in [0.25, 0.3) is 0 Å². The van der Waals surface area contributed by atoms with Crippen molar-refractivity contribution in [3.8, 4) is 0 Å². The Hall–Kier alpha value is -0.770. The first-order chi connectivity index (χ1) is 7.96. The number of nitrogens with one attached hydrogen (secondary N) is 1. The number of rotatable bonds is 6. The van der Waals surface area contributed by atoms with Crippen LogP contribution in [0.1, 0.15) is 6.42 Å². The lowest BCUT2D eigenvalue weighted by Crippen LogP contribution is -2.57. The number of aliphatic hydroxyl groups excluding tert-OH is 4. The van der Waals surface area contributed by atoms with Crippen LogP contribution < -0.4 is 5.32 Å². The summed E-state index contributed by atoms with van der Waals surface area (Å²) in [5, 5.41) is 48.4. The molecule has 8 nitrogen and oxygen atoms in total. The number of carboxylic acids is 1. The van der Waals surface area contributed by atoms with Crippen molar-refractivity contribution >= 4 is 5.97 Å². The predicted molar refractivity (Wildman–Crippen MR) is 54.0 cm³/mol. The second-order valence-electron chi connectivity index (χ2n) is 3.89. The standard InChI is InChI=1S/C9H17NO7/c11-3-5-7(15)8(16)9(4-12,17-5)10-2-1-6(13)14/h5,7-8,10-12,15-16H,1-4H2,(H,13,14)/t5-,7-,8+,9?/m1/s1. The van der Waals surface area contributed by atoms with Gasteiger partial charge in [0, 0.05) is 6.54 Å². The average Bonchev–Trinajstić information content (AvgIpc) is 2.54. The minimum atomic E-state index is -1.64. The van der Waals surface area contributed by atoms with E-state index in [0.29, 0.717) is 0 Å². The Kier molecular flexibility index (Phi) is 4.80. The summed E-state index contributed by atoms with van der Waals surface area (Å²) in [5.41, 5.74) is -1.64. The zero-order chi connectivity index (χ0) is 13.1. The Morgan fingerprint density at radius 1 is 1.35 bits per heavy atom. The van der Waals surface area contributed by atoms with Gasteiger partial charge in [-0.1, -0.05) is 0 Å². The lowest BCUT2D eigenvalue weighted by atomic mass is 10.0. The van der Waals surface area contributed by atoms with Crippen LogP contribution >= 0.6 is 0 Å². The summed E-state index contributed by atoms with van der Waals surface area (Å²) in [5.74, 6) is -1.04. The predicted octanol–water partition coefficient (Wildman–Crippen LogP) is -3.15. The lowest BCUT2D eigenvalue weighted by Gasteiger charge is -2.31. The van der Waals surface area contributed by atoms with E-state index in [0.717, 1.165) is 0 Å². The molecule has 1 aliphatic heterocycles. The summed E-state index contributed by atoms with van der Waals surface area (Å²) < 4.78 is 5.15. The van der Waals surface area contributed by atoms with E-state index in [1.165, 1.54) is 0 Å². The summed E-state index contributed by atoms with van der Waals surface area (Å²) >= 11 is 0. The van der Waals surface area contributed by atoms with Crippen molar-refractivity contribution in [3.63, 3.8) is 0 Å². The molecule has 0 spiro atoms. The van der Waals surface area contributed by atoms with Crippen molar-refractivity contribution in [3.05, 3.63) is 0 Å². The Morgan fingerprint density at radius 3 is 2.41 bits per heavy atom. The van der Waals surface area contributed by atoms with Gasteiger partial charge in [0.1, 0.15) is 18.3 Å². The highest BCUT2D eigenvalue weighted by molar-refractivity contribution is 5.66. The highest BCUT2D eigenvalue weighted by atomic mass is 16.6. The van der Waals surface area contributed by atoms with Crippen molar-refractivity contribution in [1.82, 2.24) is 5.32 Å². The van der Waals surface area contributed by atoms with E-state index in [4.69, 9.17) is 14.9 Å². The normalized spacial score (nSPS) is 37.3. The molecule has 0 aliphatic carbocycles. The van der Waals surface area contributed by atoms with E-state index < -0.39 is 43.2 Å². The van der Waals surface area contributed by atoms with Crippen molar-refractivity contribution in [2.24, 2.45) is 0 Å². The fourth-order valence-corrected chi connectivity index (χ4v) is 1.75. The van der Waals surface area contributed by atoms with E-state index >= 15 is 0 Å². The van der Waals surface area contributed by atoms with Gasteiger partial charge in [-0.25, -0.2) is 0 Å². The zero-order valence-electron chi connectivity index (χ0n) is 9.11. The van der Waals surface area contributed by atoms with Gasteiger partial charge in [-0.2, -0.15) is 0 Å². The van der Waals surface area contributed by atoms with Crippen LogP contribution in [0.15, 0.2) is 0 Å². The molecular weight excluding hydrogens is 234 g/mol. The lowest BCUT2D eigenvalue weighted by molar-refractivity contribution is -0.144. The van der Waals surface area contributed by atoms with Crippen LogP contribution in [0, 0.1) is 0 Å². The third kappa shape index (κ3) is 2.92.